The molecule has 0 radical (unpaired) electrons. The number of fused-ring (bicyclic) bond motifs is 2. The second-order valence-electron chi connectivity index (χ2n) is 9.28. The van der Waals surface area contributed by atoms with Crippen LogP contribution in [0.2, 0.25) is 0 Å². The van der Waals surface area contributed by atoms with Gasteiger partial charge in [0.15, 0.2) is 0 Å². The Balaban J connectivity index is 1.32. The summed E-state index contributed by atoms with van der Waals surface area (Å²) < 4.78 is 1.86. The number of hydrogen-bond donors (Lipinski definition) is 1. The first kappa shape index (κ1) is 21.4. The lowest BCUT2D eigenvalue weighted by Crippen LogP contribution is -2.40. The van der Waals surface area contributed by atoms with Gasteiger partial charge in [0.1, 0.15) is 0 Å². The Kier molecular flexibility index (Phi) is 5.21. The fourth-order valence-corrected chi connectivity index (χ4v) is 5.21. The normalized spacial score (nSPS) is 14.6. The molecule has 2 aromatic heterocycles. The number of nitrogens with one attached hydrogen (secondary N) is 1. The van der Waals surface area contributed by atoms with Crippen LogP contribution in [-0.2, 0) is 0 Å². The topological polar surface area (TPSA) is 71.0 Å². The molecule has 6 rings (SSSR count). The lowest BCUT2D eigenvalue weighted by molar-refractivity contribution is 0.0697. The van der Waals surface area contributed by atoms with Gasteiger partial charge in [0.2, 0.25) is 0 Å². The summed E-state index contributed by atoms with van der Waals surface area (Å²) in [4.78, 5) is 36.2. The number of aromatic nitrogens is 3. The van der Waals surface area contributed by atoms with Crippen molar-refractivity contribution in [3.8, 4) is 11.3 Å². The molecule has 0 unspecified atom stereocenters. The van der Waals surface area contributed by atoms with Crippen molar-refractivity contribution >= 4 is 27.8 Å². The lowest BCUT2D eigenvalue weighted by atomic mass is 9.99. The zero-order valence-corrected chi connectivity index (χ0v) is 19.6. The minimum atomic E-state index is -0.0842. The van der Waals surface area contributed by atoms with E-state index in [1.807, 2.05) is 95.3 Å². The van der Waals surface area contributed by atoms with Gasteiger partial charge in [0, 0.05) is 30.1 Å². The molecule has 1 N–H and O–H groups in total. The van der Waals surface area contributed by atoms with Gasteiger partial charge in [0.05, 0.1) is 27.8 Å². The predicted octanol–water partition coefficient (Wildman–Crippen LogP) is 5.33. The highest BCUT2D eigenvalue weighted by molar-refractivity contribution is 6.07. The fraction of sp³-hybridized carbons (Fsp3) is 0.207. The number of likely N-dealkylation sites (tertiary alicyclic amines) is 1. The SMILES string of the molecule is Cc1ccc2nc(-c3ccccc3)cc(C(=O)N3CCC(n4c(=O)[nH]c5ccccc54)CC3)c2c1. The van der Waals surface area contributed by atoms with Gasteiger partial charge in [0.25, 0.3) is 5.91 Å². The number of aromatic amines is 1. The molecule has 0 bridgehead atoms. The van der Waals surface area contributed by atoms with Gasteiger partial charge in [-0.15, -0.1) is 0 Å². The van der Waals surface area contributed by atoms with Crippen LogP contribution in [0.15, 0.2) is 83.7 Å². The quantitative estimate of drug-likeness (QED) is 0.394. The van der Waals surface area contributed by atoms with E-state index in [1.54, 1.807) is 0 Å². The zero-order chi connectivity index (χ0) is 23.9. The summed E-state index contributed by atoms with van der Waals surface area (Å²) in [7, 11) is 0. The van der Waals surface area contributed by atoms with Gasteiger partial charge < -0.3 is 9.88 Å². The minimum Gasteiger partial charge on any atom is -0.338 e. The number of aryl methyl sites for hydroxylation is 1. The summed E-state index contributed by atoms with van der Waals surface area (Å²) in [6, 6.07) is 25.8. The number of rotatable bonds is 3. The van der Waals surface area contributed by atoms with E-state index in [1.165, 1.54) is 0 Å². The molecule has 3 aromatic carbocycles. The second-order valence-corrected chi connectivity index (χ2v) is 9.28. The Hall–Kier alpha value is -4.19. The van der Waals surface area contributed by atoms with Crippen LogP contribution in [0.5, 0.6) is 0 Å². The summed E-state index contributed by atoms with van der Waals surface area (Å²) in [5, 5.41) is 0.879. The molecule has 1 fully saturated rings. The largest absolute Gasteiger partial charge is 0.338 e. The van der Waals surface area contributed by atoms with Crippen LogP contribution in [0.4, 0.5) is 0 Å². The molecule has 0 atom stereocenters. The maximum Gasteiger partial charge on any atom is 0.326 e. The van der Waals surface area contributed by atoms with Crippen molar-refractivity contribution < 1.29 is 4.79 Å². The summed E-state index contributed by atoms with van der Waals surface area (Å²) >= 11 is 0. The number of benzene rings is 3. The smallest absolute Gasteiger partial charge is 0.326 e. The maximum atomic E-state index is 13.8. The van der Waals surface area contributed by atoms with Crippen molar-refractivity contribution in [3.05, 3.63) is 100 Å². The van der Waals surface area contributed by atoms with Crippen molar-refractivity contribution in [1.29, 1.82) is 0 Å². The van der Waals surface area contributed by atoms with E-state index in [0.717, 1.165) is 51.6 Å². The van der Waals surface area contributed by atoms with Crippen LogP contribution < -0.4 is 5.69 Å². The number of carbonyl (C=O) groups is 1. The Labute approximate surface area is 202 Å². The number of hydrogen-bond acceptors (Lipinski definition) is 3. The van der Waals surface area contributed by atoms with E-state index in [-0.39, 0.29) is 17.6 Å². The third-order valence-corrected chi connectivity index (χ3v) is 7.00. The van der Waals surface area contributed by atoms with Gasteiger partial charge in [-0.2, -0.15) is 0 Å². The Morgan fingerprint density at radius 2 is 1.69 bits per heavy atom. The Bertz CT molecular complexity index is 1610. The van der Waals surface area contributed by atoms with Gasteiger partial charge in [-0.25, -0.2) is 9.78 Å². The number of carbonyl (C=O) groups excluding carboxylic acids is 1. The number of amides is 1. The number of nitrogens with zero attached hydrogens (tertiary/aromatic N) is 3. The van der Waals surface area contributed by atoms with Gasteiger partial charge in [-0.05, 0) is 50.1 Å². The average Bonchev–Trinajstić information content (AvgIpc) is 3.24. The van der Waals surface area contributed by atoms with Crippen molar-refractivity contribution in [2.75, 3.05) is 13.1 Å². The van der Waals surface area contributed by atoms with Crippen molar-refractivity contribution in [3.63, 3.8) is 0 Å². The van der Waals surface area contributed by atoms with E-state index < -0.39 is 0 Å². The van der Waals surface area contributed by atoms with E-state index in [0.29, 0.717) is 18.7 Å². The molecule has 3 heterocycles. The van der Waals surface area contributed by atoms with E-state index >= 15 is 0 Å². The highest BCUT2D eigenvalue weighted by Gasteiger charge is 2.28. The number of piperidine rings is 1. The van der Waals surface area contributed by atoms with Gasteiger partial charge in [-0.3, -0.25) is 9.36 Å². The van der Waals surface area contributed by atoms with Crippen molar-refractivity contribution in [2.45, 2.75) is 25.8 Å². The maximum absolute atomic E-state index is 13.8. The van der Waals surface area contributed by atoms with Crippen LogP contribution >= 0.6 is 0 Å². The fourth-order valence-electron chi connectivity index (χ4n) is 5.21. The first-order chi connectivity index (χ1) is 17.1. The molecule has 0 spiro atoms. The Morgan fingerprint density at radius 1 is 0.943 bits per heavy atom. The minimum absolute atomic E-state index is 0.0184. The first-order valence-electron chi connectivity index (χ1n) is 12.0. The van der Waals surface area contributed by atoms with Crippen LogP contribution in [0, 0.1) is 6.92 Å². The number of pyridine rings is 1. The van der Waals surface area contributed by atoms with Crippen molar-refractivity contribution in [2.24, 2.45) is 0 Å². The third-order valence-electron chi connectivity index (χ3n) is 7.00. The van der Waals surface area contributed by atoms with E-state index in [4.69, 9.17) is 4.98 Å². The highest BCUT2D eigenvalue weighted by Crippen LogP contribution is 2.30. The zero-order valence-electron chi connectivity index (χ0n) is 19.6. The molecule has 6 heteroatoms. The van der Waals surface area contributed by atoms with Gasteiger partial charge in [-0.1, -0.05) is 54.1 Å². The number of para-hydroxylation sites is 2. The molecule has 6 nitrogen and oxygen atoms in total. The second kappa shape index (κ2) is 8.55. The molecule has 5 aromatic rings. The summed E-state index contributed by atoms with van der Waals surface area (Å²) in [5.41, 5.74) is 6.07. The number of imidazole rings is 1. The summed E-state index contributed by atoms with van der Waals surface area (Å²) in [6.07, 6.45) is 1.47. The molecule has 1 saturated heterocycles. The predicted molar refractivity (Wildman–Crippen MR) is 139 cm³/mol. The molecule has 1 aliphatic heterocycles. The molecule has 0 aliphatic carbocycles. The Morgan fingerprint density at radius 3 is 2.49 bits per heavy atom. The molecule has 35 heavy (non-hydrogen) atoms. The van der Waals surface area contributed by atoms with Crippen LogP contribution in [0.25, 0.3) is 33.2 Å². The monoisotopic (exact) mass is 462 g/mol. The summed E-state index contributed by atoms with van der Waals surface area (Å²) in [5.74, 6) is 0.0184. The van der Waals surface area contributed by atoms with E-state index in [2.05, 4.69) is 4.98 Å². The molecule has 0 saturated carbocycles. The molecule has 1 amide bonds. The highest BCUT2D eigenvalue weighted by atomic mass is 16.2. The van der Waals surface area contributed by atoms with Crippen LogP contribution in [0.3, 0.4) is 0 Å². The van der Waals surface area contributed by atoms with Crippen LogP contribution in [0.1, 0.15) is 34.8 Å². The van der Waals surface area contributed by atoms with Gasteiger partial charge >= 0.3 is 5.69 Å². The van der Waals surface area contributed by atoms with E-state index in [9.17, 15) is 9.59 Å². The van der Waals surface area contributed by atoms with Crippen LogP contribution in [-0.4, -0.2) is 38.4 Å². The number of H-pyrrole nitrogens is 1. The lowest BCUT2D eigenvalue weighted by Gasteiger charge is -2.33. The van der Waals surface area contributed by atoms with Crippen molar-refractivity contribution in [1.82, 2.24) is 19.4 Å². The third kappa shape index (κ3) is 3.81. The average molecular weight is 463 g/mol. The standard InChI is InChI=1S/C29H26N4O2/c1-19-11-12-24-22(17-19)23(18-26(30-24)20-7-3-2-4-8-20)28(34)32-15-13-21(14-16-32)33-27-10-6-5-9-25(27)31-29(33)35/h2-12,17-18,21H,13-16H2,1H3,(H,31,35). The molecule has 174 valence electrons. The molecular formula is C29H26N4O2. The molecule has 1 aliphatic rings. The first-order valence-corrected chi connectivity index (χ1v) is 12.0. The summed E-state index contributed by atoms with van der Waals surface area (Å²) in [6.45, 7) is 3.24. The molecular weight excluding hydrogens is 436 g/mol.